The van der Waals surface area contributed by atoms with E-state index in [1.807, 2.05) is 0 Å². The van der Waals surface area contributed by atoms with Gasteiger partial charge in [0.1, 0.15) is 0 Å². The van der Waals surface area contributed by atoms with E-state index in [0.717, 1.165) is 17.5 Å². The SMILES string of the molecule is c1ccc(CN[C@@H]2CCCC[C@H]2SCc2ccccc2)cc1. The van der Waals surface area contributed by atoms with Crippen LogP contribution < -0.4 is 5.32 Å². The molecule has 1 nitrogen and oxygen atoms in total. The number of hydrogen-bond acceptors (Lipinski definition) is 2. The fraction of sp³-hybridized carbons (Fsp3) is 0.400. The van der Waals surface area contributed by atoms with Gasteiger partial charge in [0.15, 0.2) is 0 Å². The Morgan fingerprint density at radius 3 is 2.18 bits per heavy atom. The Kier molecular flexibility index (Phi) is 5.97. The standard InChI is InChI=1S/C20H25NS/c1-3-9-17(10-4-1)15-21-19-13-7-8-14-20(19)22-16-18-11-5-2-6-12-18/h1-6,9-12,19-21H,7-8,13-16H2/t19-,20-/m1/s1. The monoisotopic (exact) mass is 311 g/mol. The summed E-state index contributed by atoms with van der Waals surface area (Å²) in [6.45, 7) is 0.994. The van der Waals surface area contributed by atoms with Gasteiger partial charge in [-0.25, -0.2) is 0 Å². The first kappa shape index (κ1) is 15.6. The molecule has 2 heteroatoms. The van der Waals surface area contributed by atoms with Crippen LogP contribution in [0.25, 0.3) is 0 Å². The quantitative estimate of drug-likeness (QED) is 0.804. The Morgan fingerprint density at radius 1 is 0.818 bits per heavy atom. The van der Waals surface area contributed by atoms with Crippen LogP contribution in [-0.2, 0) is 12.3 Å². The van der Waals surface area contributed by atoms with Crippen molar-refractivity contribution in [3.8, 4) is 0 Å². The Labute approximate surface area is 138 Å². The minimum atomic E-state index is 0.655. The summed E-state index contributed by atoms with van der Waals surface area (Å²) in [4.78, 5) is 0. The average Bonchev–Trinajstić information content (AvgIpc) is 2.61. The maximum Gasteiger partial charge on any atom is 0.0208 e. The second kappa shape index (κ2) is 8.40. The molecule has 1 fully saturated rings. The topological polar surface area (TPSA) is 12.0 Å². The summed E-state index contributed by atoms with van der Waals surface area (Å²) < 4.78 is 0. The summed E-state index contributed by atoms with van der Waals surface area (Å²) in [5.74, 6) is 1.13. The summed E-state index contributed by atoms with van der Waals surface area (Å²) in [7, 11) is 0. The van der Waals surface area contributed by atoms with Gasteiger partial charge in [-0.3, -0.25) is 0 Å². The number of benzene rings is 2. The molecule has 0 amide bonds. The summed E-state index contributed by atoms with van der Waals surface area (Å²) in [5, 5.41) is 4.55. The van der Waals surface area contributed by atoms with E-state index in [2.05, 4.69) is 77.7 Å². The highest BCUT2D eigenvalue weighted by Crippen LogP contribution is 2.31. The van der Waals surface area contributed by atoms with Gasteiger partial charge in [-0.05, 0) is 24.0 Å². The van der Waals surface area contributed by atoms with Crippen molar-refractivity contribution in [3.63, 3.8) is 0 Å². The van der Waals surface area contributed by atoms with E-state index in [9.17, 15) is 0 Å². The maximum absolute atomic E-state index is 3.80. The number of rotatable bonds is 6. The van der Waals surface area contributed by atoms with Crippen LogP contribution in [0.2, 0.25) is 0 Å². The molecule has 1 N–H and O–H groups in total. The van der Waals surface area contributed by atoms with Gasteiger partial charge in [0.25, 0.3) is 0 Å². The van der Waals surface area contributed by atoms with Crippen LogP contribution in [0, 0.1) is 0 Å². The van der Waals surface area contributed by atoms with Crippen molar-refractivity contribution >= 4 is 11.8 Å². The fourth-order valence-electron chi connectivity index (χ4n) is 3.15. The highest BCUT2D eigenvalue weighted by molar-refractivity contribution is 7.99. The molecule has 0 bridgehead atoms. The predicted molar refractivity (Wildman–Crippen MR) is 97.1 cm³/mol. The number of thioether (sulfide) groups is 1. The summed E-state index contributed by atoms with van der Waals surface area (Å²) in [6.07, 6.45) is 5.42. The summed E-state index contributed by atoms with van der Waals surface area (Å²) in [5.41, 5.74) is 2.83. The molecule has 0 saturated heterocycles. The predicted octanol–water partition coefficient (Wildman–Crippen LogP) is 5.02. The van der Waals surface area contributed by atoms with Crippen molar-refractivity contribution < 1.29 is 0 Å². The Morgan fingerprint density at radius 2 is 1.45 bits per heavy atom. The normalized spacial score (nSPS) is 21.6. The van der Waals surface area contributed by atoms with Crippen molar-refractivity contribution in [3.05, 3.63) is 71.8 Å². The van der Waals surface area contributed by atoms with Crippen LogP contribution >= 0.6 is 11.8 Å². The van der Waals surface area contributed by atoms with E-state index >= 15 is 0 Å². The lowest BCUT2D eigenvalue weighted by molar-refractivity contribution is 0.382. The zero-order valence-corrected chi connectivity index (χ0v) is 13.9. The van der Waals surface area contributed by atoms with Gasteiger partial charge < -0.3 is 5.32 Å². The Hall–Kier alpha value is -1.25. The zero-order valence-electron chi connectivity index (χ0n) is 13.1. The first-order valence-electron chi connectivity index (χ1n) is 8.34. The van der Waals surface area contributed by atoms with Crippen LogP contribution in [0.4, 0.5) is 0 Å². The first-order valence-corrected chi connectivity index (χ1v) is 9.39. The van der Waals surface area contributed by atoms with E-state index in [0.29, 0.717) is 6.04 Å². The number of nitrogens with one attached hydrogen (secondary N) is 1. The molecule has 0 unspecified atom stereocenters. The van der Waals surface area contributed by atoms with Crippen molar-refractivity contribution in [1.29, 1.82) is 0 Å². The van der Waals surface area contributed by atoms with E-state index in [1.165, 1.54) is 36.8 Å². The lowest BCUT2D eigenvalue weighted by Gasteiger charge is -2.32. The lowest BCUT2D eigenvalue weighted by atomic mass is 9.94. The summed E-state index contributed by atoms with van der Waals surface area (Å²) >= 11 is 2.13. The van der Waals surface area contributed by atoms with E-state index < -0.39 is 0 Å². The smallest absolute Gasteiger partial charge is 0.0208 e. The van der Waals surface area contributed by atoms with Gasteiger partial charge in [0.2, 0.25) is 0 Å². The van der Waals surface area contributed by atoms with Crippen LogP contribution in [0.3, 0.4) is 0 Å². The van der Waals surface area contributed by atoms with E-state index in [-0.39, 0.29) is 0 Å². The maximum atomic E-state index is 3.80. The van der Waals surface area contributed by atoms with Crippen molar-refractivity contribution in [1.82, 2.24) is 5.32 Å². The molecule has 0 aromatic heterocycles. The molecule has 116 valence electrons. The molecule has 2 aromatic carbocycles. The highest BCUT2D eigenvalue weighted by Gasteiger charge is 2.24. The average molecular weight is 311 g/mol. The molecule has 1 aliphatic carbocycles. The summed E-state index contributed by atoms with van der Waals surface area (Å²) in [6, 6.07) is 22.3. The second-order valence-corrected chi connectivity index (χ2v) is 7.32. The zero-order chi connectivity index (χ0) is 15.0. The minimum absolute atomic E-state index is 0.655. The molecule has 22 heavy (non-hydrogen) atoms. The third-order valence-corrected chi connectivity index (χ3v) is 5.91. The molecule has 1 saturated carbocycles. The van der Waals surface area contributed by atoms with Crippen molar-refractivity contribution in [2.24, 2.45) is 0 Å². The third kappa shape index (κ3) is 4.62. The van der Waals surface area contributed by atoms with Crippen molar-refractivity contribution in [2.75, 3.05) is 0 Å². The van der Waals surface area contributed by atoms with Gasteiger partial charge in [-0.2, -0.15) is 11.8 Å². The van der Waals surface area contributed by atoms with Crippen LogP contribution in [0.1, 0.15) is 36.8 Å². The van der Waals surface area contributed by atoms with Crippen molar-refractivity contribution in [2.45, 2.75) is 49.3 Å². The molecule has 0 aliphatic heterocycles. The van der Waals surface area contributed by atoms with Gasteiger partial charge in [-0.1, -0.05) is 73.5 Å². The van der Waals surface area contributed by atoms with Gasteiger partial charge in [0.05, 0.1) is 0 Å². The molecule has 1 aliphatic rings. The molecule has 0 heterocycles. The van der Waals surface area contributed by atoms with Crippen LogP contribution in [-0.4, -0.2) is 11.3 Å². The molecule has 2 atom stereocenters. The fourth-order valence-corrected chi connectivity index (χ4v) is 4.55. The van der Waals surface area contributed by atoms with Crippen LogP contribution in [0.15, 0.2) is 60.7 Å². The molecule has 2 aromatic rings. The second-order valence-electron chi connectivity index (χ2n) is 6.09. The first-order chi connectivity index (χ1) is 10.9. The van der Waals surface area contributed by atoms with E-state index in [1.54, 1.807) is 0 Å². The number of hydrogen-bond donors (Lipinski definition) is 1. The molecule has 0 radical (unpaired) electrons. The Bertz CT molecular complexity index is 489. The largest absolute Gasteiger partial charge is 0.309 e. The van der Waals surface area contributed by atoms with Gasteiger partial charge in [0, 0.05) is 23.6 Å². The molecular weight excluding hydrogens is 286 g/mol. The minimum Gasteiger partial charge on any atom is -0.309 e. The molecular formula is C20H25NS. The lowest BCUT2D eigenvalue weighted by Crippen LogP contribution is -2.40. The Balaban J connectivity index is 1.52. The molecule has 0 spiro atoms. The third-order valence-electron chi connectivity index (χ3n) is 4.42. The van der Waals surface area contributed by atoms with Gasteiger partial charge >= 0.3 is 0 Å². The van der Waals surface area contributed by atoms with E-state index in [4.69, 9.17) is 0 Å². The molecule has 3 rings (SSSR count). The van der Waals surface area contributed by atoms with Gasteiger partial charge in [-0.15, -0.1) is 0 Å². The highest BCUT2D eigenvalue weighted by atomic mass is 32.2. The van der Waals surface area contributed by atoms with Crippen LogP contribution in [0.5, 0.6) is 0 Å².